The summed E-state index contributed by atoms with van der Waals surface area (Å²) in [5.74, 6) is 0.357. The Morgan fingerprint density at radius 1 is 1.20 bits per heavy atom. The van der Waals surface area contributed by atoms with Crippen LogP contribution in [0.5, 0.6) is 0 Å². The smallest absolute Gasteiger partial charge is 0.136 e. The largest absolute Gasteiger partial charge is 0.393 e. The number of nitrogens with one attached hydrogen (secondary N) is 1. The lowest BCUT2D eigenvalue weighted by Gasteiger charge is -2.31. The number of hydrogen-bond donors (Lipinski definition) is 2. The van der Waals surface area contributed by atoms with Crippen molar-refractivity contribution in [1.29, 1.82) is 0 Å². The summed E-state index contributed by atoms with van der Waals surface area (Å²) in [6.45, 7) is 4.08. The van der Waals surface area contributed by atoms with E-state index in [1.165, 1.54) is 11.3 Å². The molecule has 1 saturated carbocycles. The second kappa shape index (κ2) is 5.94. The number of anilines is 1. The molecule has 1 aromatic carbocycles. The molecular weight excluding hydrogens is 252 g/mol. The number of rotatable bonds is 2. The van der Waals surface area contributed by atoms with E-state index in [0.717, 1.165) is 26.2 Å². The van der Waals surface area contributed by atoms with E-state index < -0.39 is 6.10 Å². The minimum absolute atomic E-state index is 0.175. The van der Waals surface area contributed by atoms with Gasteiger partial charge in [0.05, 0.1) is 6.10 Å². The molecule has 2 unspecified atom stereocenters. The number of nitrogens with zero attached hydrogens (tertiary/aromatic N) is 1. The van der Waals surface area contributed by atoms with Gasteiger partial charge in [-0.2, -0.15) is 0 Å². The first kappa shape index (κ1) is 13.6. The monoisotopic (exact) mass is 274 g/mol. The van der Waals surface area contributed by atoms with E-state index in [9.17, 15) is 9.90 Å². The Bertz CT molecular complexity index is 483. The Labute approximate surface area is 119 Å². The third-order valence-electron chi connectivity index (χ3n) is 4.32. The second-order valence-electron chi connectivity index (χ2n) is 5.87. The van der Waals surface area contributed by atoms with Gasteiger partial charge in [0.25, 0.3) is 0 Å². The van der Waals surface area contributed by atoms with Gasteiger partial charge < -0.3 is 15.3 Å². The third kappa shape index (κ3) is 3.02. The summed E-state index contributed by atoms with van der Waals surface area (Å²) in [4.78, 5) is 14.0. The van der Waals surface area contributed by atoms with Gasteiger partial charge in [-0.25, -0.2) is 0 Å². The topological polar surface area (TPSA) is 52.6 Å². The maximum absolute atomic E-state index is 11.7. The summed E-state index contributed by atoms with van der Waals surface area (Å²) in [5, 5.41) is 13.1. The summed E-state index contributed by atoms with van der Waals surface area (Å²) < 4.78 is 0. The standard InChI is InChI=1S/C16H22N2O2/c19-15-9-13(10-16(20)11-15)12-2-1-3-14(8-12)18-6-4-17-5-7-18/h1-3,8,13,15,17,19H,4-7,9-11H2. The molecule has 1 aromatic rings. The van der Waals surface area contributed by atoms with E-state index in [4.69, 9.17) is 0 Å². The minimum atomic E-state index is -0.468. The Morgan fingerprint density at radius 3 is 2.75 bits per heavy atom. The van der Waals surface area contributed by atoms with Crippen molar-refractivity contribution in [3.05, 3.63) is 29.8 Å². The van der Waals surface area contributed by atoms with Crippen LogP contribution in [0, 0.1) is 0 Å². The quantitative estimate of drug-likeness (QED) is 0.853. The van der Waals surface area contributed by atoms with Gasteiger partial charge in [-0.15, -0.1) is 0 Å². The van der Waals surface area contributed by atoms with Crippen molar-refractivity contribution in [2.45, 2.75) is 31.3 Å². The van der Waals surface area contributed by atoms with Gasteiger partial charge in [0, 0.05) is 44.7 Å². The molecule has 0 bridgehead atoms. The first-order valence-corrected chi connectivity index (χ1v) is 7.48. The molecule has 4 heteroatoms. The second-order valence-corrected chi connectivity index (χ2v) is 5.87. The van der Waals surface area contributed by atoms with Gasteiger partial charge in [-0.1, -0.05) is 12.1 Å². The van der Waals surface area contributed by atoms with Gasteiger partial charge in [0.2, 0.25) is 0 Å². The molecule has 4 nitrogen and oxygen atoms in total. The van der Waals surface area contributed by atoms with Crippen LogP contribution in [0.15, 0.2) is 24.3 Å². The molecular formula is C16H22N2O2. The van der Waals surface area contributed by atoms with Crippen LogP contribution in [0.4, 0.5) is 5.69 Å². The van der Waals surface area contributed by atoms with Crippen molar-refractivity contribution in [2.24, 2.45) is 0 Å². The van der Waals surface area contributed by atoms with Crippen molar-refractivity contribution in [3.8, 4) is 0 Å². The number of aliphatic hydroxyl groups excluding tert-OH is 1. The fraction of sp³-hybridized carbons (Fsp3) is 0.562. The lowest BCUT2D eigenvalue weighted by molar-refractivity contribution is -0.123. The number of hydrogen-bond acceptors (Lipinski definition) is 4. The highest BCUT2D eigenvalue weighted by Gasteiger charge is 2.27. The highest BCUT2D eigenvalue weighted by molar-refractivity contribution is 5.80. The fourth-order valence-corrected chi connectivity index (χ4v) is 3.27. The molecule has 0 spiro atoms. The SMILES string of the molecule is O=C1CC(O)CC(c2cccc(N3CCNCC3)c2)C1. The van der Waals surface area contributed by atoms with Crippen LogP contribution in [-0.2, 0) is 4.79 Å². The Hall–Kier alpha value is -1.39. The minimum Gasteiger partial charge on any atom is -0.393 e. The van der Waals surface area contributed by atoms with Gasteiger partial charge in [0.15, 0.2) is 0 Å². The molecule has 0 amide bonds. The average Bonchev–Trinajstić information content (AvgIpc) is 2.47. The molecule has 108 valence electrons. The lowest BCUT2D eigenvalue weighted by atomic mass is 9.82. The van der Waals surface area contributed by atoms with Crippen LogP contribution in [0.3, 0.4) is 0 Å². The van der Waals surface area contributed by atoms with Gasteiger partial charge >= 0.3 is 0 Å². The maximum atomic E-state index is 11.7. The molecule has 1 saturated heterocycles. The molecule has 0 aromatic heterocycles. The molecule has 0 radical (unpaired) electrons. The zero-order valence-corrected chi connectivity index (χ0v) is 11.7. The van der Waals surface area contributed by atoms with E-state index >= 15 is 0 Å². The molecule has 2 atom stereocenters. The maximum Gasteiger partial charge on any atom is 0.136 e. The number of piperazine rings is 1. The number of ketones is 1. The van der Waals surface area contributed by atoms with Gasteiger partial charge in [-0.3, -0.25) is 4.79 Å². The molecule has 1 aliphatic carbocycles. The van der Waals surface area contributed by atoms with Crippen molar-refractivity contribution in [3.63, 3.8) is 0 Å². The van der Waals surface area contributed by atoms with E-state index in [-0.39, 0.29) is 11.7 Å². The molecule has 1 heterocycles. The van der Waals surface area contributed by atoms with E-state index in [1.807, 2.05) is 0 Å². The number of carbonyl (C=O) groups excluding carboxylic acids is 1. The predicted octanol–water partition coefficient (Wildman–Crippen LogP) is 1.29. The third-order valence-corrected chi connectivity index (χ3v) is 4.32. The highest BCUT2D eigenvalue weighted by Crippen LogP contribution is 2.33. The van der Waals surface area contributed by atoms with Crippen LogP contribution in [0.1, 0.15) is 30.7 Å². The van der Waals surface area contributed by atoms with Crippen LogP contribution in [0.2, 0.25) is 0 Å². The van der Waals surface area contributed by atoms with Crippen LogP contribution < -0.4 is 10.2 Å². The van der Waals surface area contributed by atoms with E-state index in [0.29, 0.717) is 19.3 Å². The lowest BCUT2D eigenvalue weighted by Crippen LogP contribution is -2.43. The van der Waals surface area contributed by atoms with Crippen LogP contribution >= 0.6 is 0 Å². The first-order chi connectivity index (χ1) is 9.72. The van der Waals surface area contributed by atoms with E-state index in [2.05, 4.69) is 34.5 Å². The summed E-state index contributed by atoms with van der Waals surface area (Å²) >= 11 is 0. The summed E-state index contributed by atoms with van der Waals surface area (Å²) in [6.07, 6.45) is 1.14. The fourth-order valence-electron chi connectivity index (χ4n) is 3.27. The Kier molecular flexibility index (Phi) is 4.03. The zero-order chi connectivity index (χ0) is 13.9. The van der Waals surface area contributed by atoms with Crippen molar-refractivity contribution < 1.29 is 9.90 Å². The number of carbonyl (C=O) groups is 1. The first-order valence-electron chi connectivity index (χ1n) is 7.48. The summed E-state index contributed by atoms with van der Waals surface area (Å²) in [5.41, 5.74) is 2.42. The number of aliphatic hydroxyl groups is 1. The summed E-state index contributed by atoms with van der Waals surface area (Å²) in [6, 6.07) is 8.48. The van der Waals surface area contributed by atoms with Gasteiger partial charge in [0.1, 0.15) is 5.78 Å². The van der Waals surface area contributed by atoms with Gasteiger partial charge in [-0.05, 0) is 30.0 Å². The predicted molar refractivity (Wildman–Crippen MR) is 79.1 cm³/mol. The molecule has 2 fully saturated rings. The van der Waals surface area contributed by atoms with Crippen molar-refractivity contribution in [1.82, 2.24) is 5.32 Å². The highest BCUT2D eigenvalue weighted by atomic mass is 16.3. The van der Waals surface area contributed by atoms with E-state index in [1.54, 1.807) is 0 Å². The summed E-state index contributed by atoms with van der Waals surface area (Å²) in [7, 11) is 0. The number of benzene rings is 1. The van der Waals surface area contributed by atoms with Crippen LogP contribution in [-0.4, -0.2) is 43.2 Å². The molecule has 3 rings (SSSR count). The van der Waals surface area contributed by atoms with Crippen molar-refractivity contribution >= 4 is 11.5 Å². The zero-order valence-electron chi connectivity index (χ0n) is 11.7. The van der Waals surface area contributed by atoms with Crippen LogP contribution in [0.25, 0.3) is 0 Å². The van der Waals surface area contributed by atoms with Crippen molar-refractivity contribution in [2.75, 3.05) is 31.1 Å². The molecule has 2 aliphatic rings. The molecule has 20 heavy (non-hydrogen) atoms. The Balaban J connectivity index is 1.78. The number of Topliss-reactive ketones (excluding diaryl/α,β-unsaturated/α-hetero) is 1. The molecule has 2 N–H and O–H groups in total. The molecule has 1 aliphatic heterocycles. The normalized spacial score (nSPS) is 27.6. The Morgan fingerprint density at radius 2 is 2.00 bits per heavy atom. The average molecular weight is 274 g/mol.